The predicted molar refractivity (Wildman–Crippen MR) is 150 cm³/mol. The molecule has 3 heterocycles. The van der Waals surface area contributed by atoms with E-state index in [0.717, 1.165) is 35.2 Å². The first-order chi connectivity index (χ1) is 19.0. The highest BCUT2D eigenvalue weighted by atomic mass is 16.3. The summed E-state index contributed by atoms with van der Waals surface area (Å²) in [5, 5.41) is 22.7. The molecule has 1 saturated heterocycles. The fourth-order valence-electron chi connectivity index (χ4n) is 5.83. The van der Waals surface area contributed by atoms with Gasteiger partial charge < -0.3 is 19.9 Å². The zero-order valence-corrected chi connectivity index (χ0v) is 23.9. The molecule has 0 spiro atoms. The minimum absolute atomic E-state index is 0.162. The average molecular weight is 546 g/mol. The van der Waals surface area contributed by atoms with Crippen molar-refractivity contribution in [3.05, 3.63) is 71.2 Å². The summed E-state index contributed by atoms with van der Waals surface area (Å²) in [7, 11) is 0. The van der Waals surface area contributed by atoms with Crippen LogP contribution >= 0.6 is 0 Å². The number of hydrogen-bond donors (Lipinski definition) is 2. The smallest absolute Gasteiger partial charge is 0.243 e. The van der Waals surface area contributed by atoms with Gasteiger partial charge in [0.2, 0.25) is 5.91 Å². The van der Waals surface area contributed by atoms with E-state index in [-0.39, 0.29) is 24.9 Å². The summed E-state index contributed by atoms with van der Waals surface area (Å²) in [6.45, 7) is 10.8. The van der Waals surface area contributed by atoms with Gasteiger partial charge in [0.05, 0.1) is 24.2 Å². The molecule has 0 radical (unpaired) electrons. The first-order valence-corrected chi connectivity index (χ1v) is 14.0. The molecule has 10 nitrogen and oxygen atoms in total. The van der Waals surface area contributed by atoms with Crippen molar-refractivity contribution in [1.29, 1.82) is 0 Å². The minimum atomic E-state index is -0.759. The molecule has 2 fully saturated rings. The van der Waals surface area contributed by atoms with Gasteiger partial charge in [0, 0.05) is 44.0 Å². The lowest BCUT2D eigenvalue weighted by Crippen LogP contribution is -2.47. The average Bonchev–Trinajstić information content (AvgIpc) is 3.24. The molecule has 5 rings (SSSR count). The molecule has 2 aromatic heterocycles. The van der Waals surface area contributed by atoms with Gasteiger partial charge in [0.25, 0.3) is 0 Å². The molecule has 2 N–H and O–H groups in total. The fourth-order valence-corrected chi connectivity index (χ4v) is 5.83. The number of aliphatic hydroxyl groups is 1. The third kappa shape index (κ3) is 5.88. The number of amides is 1. The number of nitrogens with one attached hydrogen (secondary N) is 1. The number of aromatic nitrogens is 5. The summed E-state index contributed by atoms with van der Waals surface area (Å²) < 4.78 is 3.66. The molecule has 1 aromatic carbocycles. The Balaban J connectivity index is 1.44. The number of carbonyl (C=O) groups excluding carboxylic acids is 2. The monoisotopic (exact) mass is 545 g/mol. The summed E-state index contributed by atoms with van der Waals surface area (Å²) in [6, 6.07) is 4.60. The Hall–Kier alpha value is -3.75. The molecule has 1 amide bonds. The summed E-state index contributed by atoms with van der Waals surface area (Å²) in [6.07, 6.45) is 8.85. The van der Waals surface area contributed by atoms with E-state index in [1.54, 1.807) is 22.1 Å². The van der Waals surface area contributed by atoms with Crippen LogP contribution in [0.3, 0.4) is 0 Å². The number of carbonyl (C=O) groups is 1. The van der Waals surface area contributed by atoms with Crippen LogP contribution in [-0.4, -0.2) is 65.1 Å². The van der Waals surface area contributed by atoms with E-state index in [1.165, 1.54) is 0 Å². The number of nitrogens with zero attached hydrogens (tertiary/aromatic N) is 6. The zero-order chi connectivity index (χ0) is 28.6. The minimum Gasteiger partial charge on any atom is -0.391 e. The molecule has 1 saturated carbocycles. The number of imidazole rings is 1. The van der Waals surface area contributed by atoms with Crippen LogP contribution in [0.2, 0.25) is 0 Å². The predicted octanol–water partition coefficient (Wildman–Crippen LogP) is 3.26. The van der Waals surface area contributed by atoms with Crippen molar-refractivity contribution in [3.8, 4) is 0 Å². The molecule has 4 atom stereocenters. The van der Waals surface area contributed by atoms with Crippen molar-refractivity contribution >= 4 is 11.8 Å². The number of hydrogen-bond acceptors (Lipinski definition) is 7. The van der Waals surface area contributed by atoms with Crippen LogP contribution < -0.4 is 5.32 Å². The van der Waals surface area contributed by atoms with Crippen molar-refractivity contribution < 1.29 is 14.7 Å². The van der Waals surface area contributed by atoms with Gasteiger partial charge in [-0.3, -0.25) is 4.79 Å². The van der Waals surface area contributed by atoms with E-state index in [2.05, 4.69) is 32.6 Å². The molecule has 3 aromatic rings. The molecular weight excluding hydrogens is 506 g/mol. The summed E-state index contributed by atoms with van der Waals surface area (Å²) in [5.41, 5.74) is 4.02. The van der Waals surface area contributed by atoms with Crippen molar-refractivity contribution in [2.24, 2.45) is 5.41 Å². The van der Waals surface area contributed by atoms with Gasteiger partial charge in [-0.2, -0.15) is 0 Å². The highest BCUT2D eigenvalue weighted by molar-refractivity contribution is 5.83. The van der Waals surface area contributed by atoms with Crippen molar-refractivity contribution in [1.82, 2.24) is 34.8 Å². The molecule has 40 heavy (non-hydrogen) atoms. The summed E-state index contributed by atoms with van der Waals surface area (Å²) >= 11 is 0. The van der Waals surface area contributed by atoms with Crippen LogP contribution in [0.4, 0.5) is 0 Å². The van der Waals surface area contributed by atoms with E-state index >= 15 is 0 Å². The number of benzene rings is 1. The number of likely N-dealkylation sites (tertiary alicyclic amines) is 1. The van der Waals surface area contributed by atoms with Crippen LogP contribution in [-0.2, 0) is 16.1 Å². The lowest BCUT2D eigenvalue weighted by molar-refractivity contribution is -0.126. The van der Waals surface area contributed by atoms with E-state index in [0.29, 0.717) is 18.2 Å². The van der Waals surface area contributed by atoms with Gasteiger partial charge in [0.15, 0.2) is 0 Å². The Morgan fingerprint density at radius 1 is 1.25 bits per heavy atom. The number of rotatable bonds is 9. The van der Waals surface area contributed by atoms with Crippen molar-refractivity contribution in [2.45, 2.75) is 90.6 Å². The van der Waals surface area contributed by atoms with Gasteiger partial charge >= 0.3 is 0 Å². The van der Waals surface area contributed by atoms with Crippen LogP contribution in [0.15, 0.2) is 48.8 Å². The van der Waals surface area contributed by atoms with Crippen LogP contribution in [0, 0.1) is 19.3 Å². The maximum Gasteiger partial charge on any atom is 0.243 e. The molecule has 4 unspecified atom stereocenters. The Kier molecular flexibility index (Phi) is 7.66. The second-order valence-corrected chi connectivity index (χ2v) is 12.4. The third-order valence-electron chi connectivity index (χ3n) is 7.93. The molecule has 2 aliphatic rings. The Bertz CT molecular complexity index is 1400. The van der Waals surface area contributed by atoms with Gasteiger partial charge in [0.1, 0.15) is 23.7 Å². The highest BCUT2D eigenvalue weighted by Crippen LogP contribution is 2.42. The van der Waals surface area contributed by atoms with Gasteiger partial charge in [-0.25, -0.2) is 14.5 Å². The molecule has 1 aliphatic heterocycles. The van der Waals surface area contributed by atoms with E-state index in [4.69, 9.17) is 0 Å². The normalized spacial score (nSPS) is 20.7. The number of aliphatic hydroxyl groups excluding tert-OH is 1. The fraction of sp³-hybridized carbons (Fsp3) is 0.533. The Morgan fingerprint density at radius 3 is 2.65 bits per heavy atom. The molecule has 1 aliphatic carbocycles. The van der Waals surface area contributed by atoms with Crippen LogP contribution in [0.25, 0.3) is 0 Å². The number of β-amino-alcohol motifs (C(OH)–C–C–N with tert-alkyl or cyclic N) is 1. The summed E-state index contributed by atoms with van der Waals surface area (Å²) in [4.78, 5) is 32.5. The van der Waals surface area contributed by atoms with Crippen LogP contribution in [0.1, 0.15) is 80.4 Å². The highest BCUT2D eigenvalue weighted by Gasteiger charge is 2.44. The van der Waals surface area contributed by atoms with E-state index in [9.17, 15) is 14.7 Å². The third-order valence-corrected chi connectivity index (χ3v) is 7.93. The van der Waals surface area contributed by atoms with Crippen molar-refractivity contribution in [2.75, 3.05) is 6.54 Å². The maximum atomic E-state index is 14.0. The quantitative estimate of drug-likeness (QED) is 0.396. The van der Waals surface area contributed by atoms with Crippen LogP contribution in [0.5, 0.6) is 0 Å². The first kappa shape index (κ1) is 27.8. The zero-order valence-electron chi connectivity index (χ0n) is 23.9. The van der Waals surface area contributed by atoms with Crippen molar-refractivity contribution in [3.63, 3.8) is 0 Å². The first-order valence-electron chi connectivity index (χ1n) is 14.0. The molecule has 0 bridgehead atoms. The van der Waals surface area contributed by atoms with Gasteiger partial charge in [-0.1, -0.05) is 49.7 Å². The standard InChI is InChI=1S/C30H39N7O3/c1-19-6-9-23(20(2)12-19)25(15-35-11-10-31-18-35)32-29(40)26-13-22(39)14-36(26)27(17-38)28(30(3,4)5)37-16-24(33-34-37)21-7-8-21/h6,9-12,16,18,21-22,25-26,28,39H,7-8,13-15H2,1-5H3,(H,32,40). The number of allylic oxidation sites excluding steroid dienone is 1. The van der Waals surface area contributed by atoms with E-state index < -0.39 is 23.6 Å². The second kappa shape index (κ2) is 11.0. The Morgan fingerprint density at radius 2 is 2.02 bits per heavy atom. The molecule has 10 heteroatoms. The van der Waals surface area contributed by atoms with E-state index in [1.807, 2.05) is 63.7 Å². The van der Waals surface area contributed by atoms with Gasteiger partial charge in [-0.15, -0.1) is 5.10 Å². The second-order valence-electron chi connectivity index (χ2n) is 12.4. The largest absolute Gasteiger partial charge is 0.391 e. The maximum absolute atomic E-state index is 14.0. The molecule has 212 valence electrons. The lowest BCUT2D eigenvalue weighted by Gasteiger charge is -2.37. The van der Waals surface area contributed by atoms with Gasteiger partial charge in [-0.05, 0) is 43.2 Å². The summed E-state index contributed by atoms with van der Waals surface area (Å²) in [5.74, 6) is 2.31. The number of aryl methyl sites for hydroxylation is 2. The topological polar surface area (TPSA) is 118 Å². The Labute approximate surface area is 235 Å². The SMILES string of the molecule is Cc1ccc(C(Cn2ccnc2)NC(=O)C2CC(O)CN2C(=C=O)C(n2cc(C3CC3)nn2)C(C)(C)C)c(C)c1. The molecular formula is C30H39N7O3. The lowest BCUT2D eigenvalue weighted by atomic mass is 9.84.